The van der Waals surface area contributed by atoms with Gasteiger partial charge in [0.15, 0.2) is 4.77 Å². The number of carbonyl (C=O) groups is 1. The lowest BCUT2D eigenvalue weighted by molar-refractivity contribution is 0.0612. The second-order valence-electron chi connectivity index (χ2n) is 7.20. The van der Waals surface area contributed by atoms with Crippen LogP contribution < -0.4 is 4.74 Å². The molecule has 1 aromatic heterocycles. The minimum atomic E-state index is -0.340. The molecule has 162 valence electrons. The highest BCUT2D eigenvalue weighted by Gasteiger charge is 2.25. The largest absolute Gasteiger partial charge is 0.491 e. The van der Waals surface area contributed by atoms with Crippen LogP contribution in [-0.4, -0.2) is 64.6 Å². The number of benzene rings is 2. The lowest BCUT2D eigenvalue weighted by atomic mass is 10.2. The van der Waals surface area contributed by atoms with E-state index in [0.29, 0.717) is 46.6 Å². The first-order valence-corrected chi connectivity index (χ1v) is 10.8. The number of H-pyrrole nitrogens is 1. The Morgan fingerprint density at radius 2 is 1.81 bits per heavy atom. The molecule has 1 fully saturated rings. The first kappa shape index (κ1) is 21.5. The van der Waals surface area contributed by atoms with Gasteiger partial charge in [-0.3, -0.25) is 14.3 Å². The van der Waals surface area contributed by atoms with E-state index in [1.54, 1.807) is 29.0 Å². The average Bonchev–Trinajstić information content (AvgIpc) is 3.17. The van der Waals surface area contributed by atoms with E-state index in [4.69, 9.17) is 28.6 Å². The maximum Gasteiger partial charge on any atom is 0.272 e. The summed E-state index contributed by atoms with van der Waals surface area (Å²) in [6.45, 7) is 3.99. The van der Waals surface area contributed by atoms with Crippen LogP contribution in [0.2, 0.25) is 5.02 Å². The second-order valence-corrected chi connectivity index (χ2v) is 8.00. The molecule has 0 radical (unpaired) electrons. The number of para-hydroxylation sites is 1. The van der Waals surface area contributed by atoms with Crippen molar-refractivity contribution in [2.24, 2.45) is 0 Å². The Labute approximate surface area is 189 Å². The minimum Gasteiger partial charge on any atom is -0.491 e. The van der Waals surface area contributed by atoms with Gasteiger partial charge in [0.1, 0.15) is 23.9 Å². The van der Waals surface area contributed by atoms with E-state index in [-0.39, 0.29) is 11.7 Å². The zero-order valence-electron chi connectivity index (χ0n) is 16.8. The fourth-order valence-corrected chi connectivity index (χ4v) is 4.01. The Hall–Kier alpha value is -2.68. The normalized spacial score (nSPS) is 14.6. The molecule has 31 heavy (non-hydrogen) atoms. The van der Waals surface area contributed by atoms with E-state index in [2.05, 4.69) is 9.88 Å². The summed E-state index contributed by atoms with van der Waals surface area (Å²) in [6, 6.07) is 13.3. The van der Waals surface area contributed by atoms with Crippen LogP contribution in [0, 0.1) is 10.6 Å². The minimum absolute atomic E-state index is 0.108. The smallest absolute Gasteiger partial charge is 0.272 e. The van der Waals surface area contributed by atoms with Crippen molar-refractivity contribution in [3.05, 3.63) is 76.0 Å². The van der Waals surface area contributed by atoms with E-state index >= 15 is 0 Å². The van der Waals surface area contributed by atoms with Gasteiger partial charge in [0.05, 0.1) is 5.02 Å². The Bertz CT molecular complexity index is 1110. The number of amides is 1. The molecule has 9 heteroatoms. The monoisotopic (exact) mass is 460 g/mol. The van der Waals surface area contributed by atoms with Crippen molar-refractivity contribution in [3.63, 3.8) is 0 Å². The molecule has 2 aromatic carbocycles. The van der Waals surface area contributed by atoms with Crippen LogP contribution in [0.4, 0.5) is 4.39 Å². The number of piperazine rings is 1. The Morgan fingerprint density at radius 3 is 2.52 bits per heavy atom. The van der Waals surface area contributed by atoms with E-state index in [1.807, 2.05) is 23.1 Å². The number of halogens is 2. The molecule has 0 aliphatic carbocycles. The molecule has 0 saturated carbocycles. The summed E-state index contributed by atoms with van der Waals surface area (Å²) in [5, 5.41) is 0.597. The molecule has 1 aliphatic rings. The van der Waals surface area contributed by atoms with Crippen molar-refractivity contribution >= 4 is 29.7 Å². The summed E-state index contributed by atoms with van der Waals surface area (Å²) >= 11 is 11.4. The molecule has 3 aromatic rings. The molecule has 1 N–H and O–H groups in total. The van der Waals surface area contributed by atoms with E-state index in [9.17, 15) is 9.18 Å². The molecule has 0 bridgehead atoms. The highest BCUT2D eigenvalue weighted by Crippen LogP contribution is 2.23. The van der Waals surface area contributed by atoms with Gasteiger partial charge in [0.25, 0.3) is 5.91 Å². The lowest BCUT2D eigenvalue weighted by Gasteiger charge is -2.34. The molecule has 6 nitrogen and oxygen atoms in total. The van der Waals surface area contributed by atoms with Crippen LogP contribution in [0.15, 0.2) is 54.7 Å². The first-order chi connectivity index (χ1) is 15.0. The predicted octanol–water partition coefficient (Wildman–Crippen LogP) is 4.16. The van der Waals surface area contributed by atoms with Crippen molar-refractivity contribution in [2.75, 3.05) is 39.3 Å². The molecule has 0 atom stereocenters. The van der Waals surface area contributed by atoms with Gasteiger partial charge in [-0.05, 0) is 48.6 Å². The number of rotatable bonds is 6. The standard InChI is InChI=1S/C22H22ClFN4O2S/c23-18-3-1-2-4-20(18)30-14-13-26-9-11-27(12-10-26)21(29)19-15-25-22(31)28(19)17-7-5-16(24)6-8-17/h1-8,15H,9-14H2,(H,25,31). The van der Waals surface area contributed by atoms with Crippen molar-refractivity contribution < 1.29 is 13.9 Å². The molecule has 2 heterocycles. The number of aromatic amines is 1. The Morgan fingerprint density at radius 1 is 1.10 bits per heavy atom. The second kappa shape index (κ2) is 9.64. The first-order valence-electron chi connectivity index (χ1n) is 9.98. The van der Waals surface area contributed by atoms with Gasteiger partial charge in [0.2, 0.25) is 0 Å². The summed E-state index contributed by atoms with van der Waals surface area (Å²) in [5.74, 6) is 0.229. The topological polar surface area (TPSA) is 53.5 Å². The van der Waals surface area contributed by atoms with Gasteiger partial charge in [-0.2, -0.15) is 0 Å². The highest BCUT2D eigenvalue weighted by molar-refractivity contribution is 7.71. The van der Waals surface area contributed by atoms with Gasteiger partial charge in [0, 0.05) is 44.6 Å². The number of ether oxygens (including phenoxy) is 1. The SMILES string of the molecule is O=C(c1c[nH]c(=S)n1-c1ccc(F)cc1)N1CCN(CCOc2ccccc2Cl)CC1. The van der Waals surface area contributed by atoms with Gasteiger partial charge in [-0.15, -0.1) is 0 Å². The number of aromatic nitrogens is 2. The van der Waals surface area contributed by atoms with Crippen molar-refractivity contribution in [3.8, 4) is 11.4 Å². The number of carbonyl (C=O) groups excluding carboxylic acids is 1. The molecular formula is C22H22ClFN4O2S. The summed E-state index contributed by atoms with van der Waals surface area (Å²) in [5.41, 5.74) is 1.08. The van der Waals surface area contributed by atoms with E-state index in [0.717, 1.165) is 19.6 Å². The fraction of sp³-hybridized carbons (Fsp3) is 0.273. The molecule has 0 spiro atoms. The van der Waals surface area contributed by atoms with E-state index < -0.39 is 0 Å². The van der Waals surface area contributed by atoms with Gasteiger partial charge >= 0.3 is 0 Å². The third-order valence-corrected chi connectivity index (χ3v) is 5.85. The van der Waals surface area contributed by atoms with Crippen LogP contribution in [0.25, 0.3) is 5.69 Å². The summed E-state index contributed by atoms with van der Waals surface area (Å²) in [6.07, 6.45) is 1.61. The van der Waals surface area contributed by atoms with Gasteiger partial charge < -0.3 is 14.6 Å². The van der Waals surface area contributed by atoms with Gasteiger partial charge in [-0.1, -0.05) is 23.7 Å². The molecule has 4 rings (SSSR count). The number of hydrogen-bond acceptors (Lipinski definition) is 4. The summed E-state index contributed by atoms with van der Waals surface area (Å²) < 4.78 is 21.1. The fourth-order valence-electron chi connectivity index (χ4n) is 3.56. The molecule has 1 saturated heterocycles. The molecule has 1 aliphatic heterocycles. The number of hydrogen-bond donors (Lipinski definition) is 1. The van der Waals surface area contributed by atoms with E-state index in [1.165, 1.54) is 12.1 Å². The maximum absolute atomic E-state index is 13.3. The van der Waals surface area contributed by atoms with Crippen LogP contribution in [-0.2, 0) is 0 Å². The van der Waals surface area contributed by atoms with Crippen LogP contribution >= 0.6 is 23.8 Å². The van der Waals surface area contributed by atoms with Crippen molar-refractivity contribution in [2.45, 2.75) is 0 Å². The molecule has 1 amide bonds. The predicted molar refractivity (Wildman–Crippen MR) is 120 cm³/mol. The lowest BCUT2D eigenvalue weighted by Crippen LogP contribution is -2.49. The molecular weight excluding hydrogens is 439 g/mol. The van der Waals surface area contributed by atoms with Crippen LogP contribution in [0.5, 0.6) is 5.75 Å². The average molecular weight is 461 g/mol. The van der Waals surface area contributed by atoms with Crippen LogP contribution in [0.3, 0.4) is 0 Å². The Kier molecular flexibility index (Phi) is 6.70. The number of nitrogens with zero attached hydrogens (tertiary/aromatic N) is 3. The summed E-state index contributed by atoms with van der Waals surface area (Å²) in [7, 11) is 0. The molecule has 0 unspecified atom stereocenters. The quantitative estimate of drug-likeness (QED) is 0.561. The zero-order valence-corrected chi connectivity index (χ0v) is 18.3. The third-order valence-electron chi connectivity index (χ3n) is 5.24. The van der Waals surface area contributed by atoms with Gasteiger partial charge in [-0.25, -0.2) is 4.39 Å². The zero-order chi connectivity index (χ0) is 21.8. The maximum atomic E-state index is 13.3. The number of imidazole rings is 1. The third kappa shape index (κ3) is 4.98. The number of nitrogens with one attached hydrogen (secondary N) is 1. The van der Waals surface area contributed by atoms with Crippen molar-refractivity contribution in [1.29, 1.82) is 0 Å². The summed E-state index contributed by atoms with van der Waals surface area (Å²) in [4.78, 5) is 20.1. The van der Waals surface area contributed by atoms with Crippen molar-refractivity contribution in [1.82, 2.24) is 19.4 Å². The highest BCUT2D eigenvalue weighted by atomic mass is 35.5. The van der Waals surface area contributed by atoms with Crippen LogP contribution in [0.1, 0.15) is 10.5 Å². The Balaban J connectivity index is 1.34.